The summed E-state index contributed by atoms with van der Waals surface area (Å²) in [5.74, 6) is 0.777. The van der Waals surface area contributed by atoms with E-state index in [1.165, 1.54) is 31.1 Å². The molecule has 39 heavy (non-hydrogen) atoms. The molecule has 0 saturated carbocycles. The summed E-state index contributed by atoms with van der Waals surface area (Å²) in [5.41, 5.74) is 8.14. The second-order valence-corrected chi connectivity index (χ2v) is 9.49. The Morgan fingerprint density at radius 3 is 2.36 bits per heavy atom. The number of hydrogen-bond donors (Lipinski definition) is 1. The van der Waals surface area contributed by atoms with Crippen LogP contribution in [0.1, 0.15) is 30.7 Å². The number of pyridine rings is 2. The van der Waals surface area contributed by atoms with Crippen molar-refractivity contribution >= 4 is 38.8 Å². The summed E-state index contributed by atoms with van der Waals surface area (Å²) in [4.78, 5) is 19.2. The van der Waals surface area contributed by atoms with Crippen LogP contribution in [0, 0.1) is 26.8 Å². The molecule has 0 amide bonds. The largest absolute Gasteiger partial charge is 0.512 e. The van der Waals surface area contributed by atoms with Gasteiger partial charge in [-0.2, -0.15) is 0 Å². The van der Waals surface area contributed by atoms with Gasteiger partial charge in [-0.05, 0) is 76.7 Å². The van der Waals surface area contributed by atoms with Gasteiger partial charge < -0.3 is 18.9 Å². The molecule has 0 atom stereocenters. The second-order valence-electron chi connectivity index (χ2n) is 9.49. The first-order valence-electron chi connectivity index (χ1n) is 12.2. The standard InChI is InChI=1S/C27H19N2O2.C5H8O2.Ir/c1-15-9-16(2)11-18(10-15)24-12-19-14-28-23(13-25(19)30-24)22-6-4-5-20-21-8-7-17(3)29-27(21)31-26(20)22;1-4(6)3-5(2)7;/h4-5,7-14H,1-3H3;3,6H,1-2H3;/q-1;;/b;4-3-;. The number of hydrogen-bond acceptors (Lipinski definition) is 6. The second kappa shape index (κ2) is 11.4. The Balaban J connectivity index is 0.000000394. The van der Waals surface area contributed by atoms with Crippen LogP contribution in [0.4, 0.5) is 0 Å². The molecule has 0 unspecified atom stereocenters. The number of rotatable bonds is 3. The maximum Gasteiger partial charge on any atom is 0.216 e. The first kappa shape index (κ1) is 28.0. The van der Waals surface area contributed by atoms with Crippen molar-refractivity contribution in [2.24, 2.45) is 0 Å². The fourth-order valence-electron chi connectivity index (χ4n) is 4.53. The van der Waals surface area contributed by atoms with Crippen LogP contribution in [0.15, 0.2) is 81.5 Å². The average Bonchev–Trinajstić information content (AvgIpc) is 3.43. The zero-order chi connectivity index (χ0) is 27.0. The fraction of sp³-hybridized carbons (Fsp3) is 0.156. The van der Waals surface area contributed by atoms with Crippen LogP contribution in [-0.4, -0.2) is 20.9 Å². The first-order chi connectivity index (χ1) is 18.2. The van der Waals surface area contributed by atoms with E-state index in [1.807, 2.05) is 49.5 Å². The predicted octanol–water partition coefficient (Wildman–Crippen LogP) is 8.22. The normalized spacial score (nSPS) is 11.4. The van der Waals surface area contributed by atoms with E-state index in [0.717, 1.165) is 55.6 Å². The molecular formula is C32H27IrN2O4-. The molecule has 0 aliphatic rings. The molecule has 4 heterocycles. The monoisotopic (exact) mass is 696 g/mol. The summed E-state index contributed by atoms with van der Waals surface area (Å²) in [6.07, 6.45) is 3.01. The zero-order valence-electron chi connectivity index (χ0n) is 22.3. The summed E-state index contributed by atoms with van der Waals surface area (Å²) in [6.45, 7) is 9.00. The molecule has 7 heteroatoms. The van der Waals surface area contributed by atoms with Crippen molar-refractivity contribution in [1.82, 2.24) is 9.97 Å². The van der Waals surface area contributed by atoms with E-state index in [-0.39, 0.29) is 31.6 Å². The Morgan fingerprint density at radius 1 is 0.949 bits per heavy atom. The van der Waals surface area contributed by atoms with Gasteiger partial charge >= 0.3 is 0 Å². The third-order valence-electron chi connectivity index (χ3n) is 6.01. The van der Waals surface area contributed by atoms with Crippen LogP contribution >= 0.6 is 0 Å². The van der Waals surface area contributed by atoms with Crippen molar-refractivity contribution in [2.45, 2.75) is 34.6 Å². The smallest absolute Gasteiger partial charge is 0.216 e. The van der Waals surface area contributed by atoms with Gasteiger partial charge in [0.15, 0.2) is 5.78 Å². The van der Waals surface area contributed by atoms with Gasteiger partial charge in [0, 0.05) is 54.4 Å². The van der Waals surface area contributed by atoms with E-state index in [2.05, 4.69) is 48.1 Å². The van der Waals surface area contributed by atoms with Crippen molar-refractivity contribution in [3.8, 4) is 22.6 Å². The molecule has 0 fully saturated rings. The fourth-order valence-corrected chi connectivity index (χ4v) is 4.53. The van der Waals surface area contributed by atoms with E-state index in [1.54, 1.807) is 0 Å². The van der Waals surface area contributed by atoms with Crippen LogP contribution in [0.5, 0.6) is 0 Å². The van der Waals surface area contributed by atoms with Crippen molar-refractivity contribution in [3.05, 3.63) is 95.5 Å². The molecule has 1 N–H and O–H groups in total. The van der Waals surface area contributed by atoms with Gasteiger partial charge in [0.05, 0.1) is 11.3 Å². The van der Waals surface area contributed by atoms with Gasteiger partial charge in [-0.15, -0.1) is 18.2 Å². The Hall–Kier alpha value is -4.06. The summed E-state index contributed by atoms with van der Waals surface area (Å²) < 4.78 is 12.3. The summed E-state index contributed by atoms with van der Waals surface area (Å²) in [5, 5.41) is 11.3. The molecular weight excluding hydrogens is 669 g/mol. The van der Waals surface area contributed by atoms with E-state index >= 15 is 0 Å². The zero-order valence-corrected chi connectivity index (χ0v) is 24.6. The minimum absolute atomic E-state index is 0. The molecule has 0 bridgehead atoms. The molecule has 6 aromatic rings. The van der Waals surface area contributed by atoms with Gasteiger partial charge in [-0.25, -0.2) is 4.98 Å². The van der Waals surface area contributed by atoms with Gasteiger partial charge in [-0.3, -0.25) is 4.79 Å². The van der Waals surface area contributed by atoms with Gasteiger partial charge in [-0.1, -0.05) is 28.1 Å². The minimum atomic E-state index is -0.125. The minimum Gasteiger partial charge on any atom is -0.512 e. The van der Waals surface area contributed by atoms with Gasteiger partial charge in [0.1, 0.15) is 11.3 Å². The molecule has 0 aliphatic heterocycles. The van der Waals surface area contributed by atoms with E-state index < -0.39 is 0 Å². The number of aryl methyl sites for hydroxylation is 3. The van der Waals surface area contributed by atoms with Crippen LogP contribution < -0.4 is 0 Å². The molecule has 1 radical (unpaired) electrons. The molecule has 6 rings (SSSR count). The number of allylic oxidation sites excluding steroid dienone is 2. The SMILES string of the molecule is CC(=O)/C=C(/C)O.Cc1cc(C)cc(-c2cc3cnc(-c4[c-]ccc5c4oc4nc(C)ccc45)cc3o2)c1.[Ir]. The molecule has 0 aliphatic carbocycles. The third-order valence-corrected chi connectivity index (χ3v) is 6.01. The number of ketones is 1. The van der Waals surface area contributed by atoms with Crippen molar-refractivity contribution in [2.75, 3.05) is 0 Å². The maximum atomic E-state index is 10.0. The first-order valence-corrected chi connectivity index (χ1v) is 12.2. The van der Waals surface area contributed by atoms with Gasteiger partial charge in [0.2, 0.25) is 5.71 Å². The van der Waals surface area contributed by atoms with Crippen LogP contribution in [-0.2, 0) is 24.9 Å². The Kier molecular flexibility index (Phi) is 8.14. The van der Waals surface area contributed by atoms with Crippen molar-refractivity contribution < 1.29 is 38.8 Å². The van der Waals surface area contributed by atoms with E-state index in [0.29, 0.717) is 5.71 Å². The summed E-state index contributed by atoms with van der Waals surface area (Å²) >= 11 is 0. The number of carbonyl (C=O) groups is 1. The average molecular weight is 696 g/mol. The summed E-state index contributed by atoms with van der Waals surface area (Å²) in [7, 11) is 0. The van der Waals surface area contributed by atoms with Crippen LogP contribution in [0.25, 0.3) is 55.6 Å². The number of carbonyl (C=O) groups excluding carboxylic acids is 1. The maximum absolute atomic E-state index is 10.0. The molecule has 199 valence electrons. The van der Waals surface area contributed by atoms with Crippen molar-refractivity contribution in [1.29, 1.82) is 0 Å². The number of nitrogens with zero attached hydrogens (tertiary/aromatic N) is 2. The number of fused-ring (bicyclic) bond motifs is 4. The molecule has 0 spiro atoms. The van der Waals surface area contributed by atoms with Crippen LogP contribution in [0.3, 0.4) is 0 Å². The Bertz CT molecular complexity index is 1840. The topological polar surface area (TPSA) is 89.4 Å². The number of aromatic nitrogens is 2. The molecule has 4 aromatic heterocycles. The van der Waals surface area contributed by atoms with Crippen LogP contribution in [0.2, 0.25) is 0 Å². The van der Waals surface area contributed by atoms with Crippen molar-refractivity contribution in [3.63, 3.8) is 0 Å². The van der Waals surface area contributed by atoms with E-state index in [9.17, 15) is 4.79 Å². The number of aliphatic hydroxyl groups is 1. The molecule has 0 saturated heterocycles. The molecule has 2 aromatic carbocycles. The quantitative estimate of drug-likeness (QED) is 0.114. The Labute approximate surface area is 239 Å². The summed E-state index contributed by atoms with van der Waals surface area (Å²) in [6, 6.07) is 21.7. The third kappa shape index (κ3) is 6.00. The number of furan rings is 2. The Morgan fingerprint density at radius 2 is 1.69 bits per heavy atom. The van der Waals surface area contributed by atoms with Gasteiger partial charge in [0.25, 0.3) is 0 Å². The molecule has 6 nitrogen and oxygen atoms in total. The van der Waals surface area contributed by atoms with E-state index in [4.69, 9.17) is 13.9 Å². The predicted molar refractivity (Wildman–Crippen MR) is 150 cm³/mol. The number of aliphatic hydroxyl groups excluding tert-OH is 1. The number of benzene rings is 2.